The standard InChI is InChI=1S/C26H21N5O2S/c1-32-18-10-11-19(17(13-18)15-34-21-9-5-6-12-29-21)22-20(14-27)25(28)33-26-23(22)24(30-31-26)16-7-3-2-4-8-16/h2-13,22H,15,28H2,1H3,(H,30,31). The number of fused-ring (bicyclic) bond motifs is 1. The fourth-order valence-electron chi connectivity index (χ4n) is 4.08. The maximum absolute atomic E-state index is 10.1. The lowest BCUT2D eigenvalue weighted by Crippen LogP contribution is -2.21. The van der Waals surface area contributed by atoms with Crippen LogP contribution in [0.2, 0.25) is 0 Å². The number of thioether (sulfide) groups is 1. The quantitative estimate of drug-likeness (QED) is 0.384. The maximum Gasteiger partial charge on any atom is 0.244 e. The van der Waals surface area contributed by atoms with Crippen molar-refractivity contribution in [1.29, 1.82) is 5.26 Å². The molecule has 0 fully saturated rings. The first-order valence-corrected chi connectivity index (χ1v) is 11.6. The second-order valence-corrected chi connectivity index (χ2v) is 8.63. The van der Waals surface area contributed by atoms with E-state index in [1.165, 1.54) is 0 Å². The van der Waals surface area contributed by atoms with E-state index in [0.717, 1.165) is 38.7 Å². The van der Waals surface area contributed by atoms with Gasteiger partial charge in [-0.25, -0.2) is 4.98 Å². The van der Waals surface area contributed by atoms with Gasteiger partial charge in [0.2, 0.25) is 11.8 Å². The van der Waals surface area contributed by atoms with E-state index in [1.54, 1.807) is 25.1 Å². The molecule has 8 heteroatoms. The van der Waals surface area contributed by atoms with Gasteiger partial charge in [-0.3, -0.25) is 5.10 Å². The Morgan fingerprint density at radius 1 is 1.15 bits per heavy atom. The average Bonchev–Trinajstić information content (AvgIpc) is 3.31. The molecule has 168 valence electrons. The van der Waals surface area contributed by atoms with Crippen molar-refractivity contribution in [3.8, 4) is 29.0 Å². The van der Waals surface area contributed by atoms with Crippen molar-refractivity contribution in [3.63, 3.8) is 0 Å². The number of ether oxygens (including phenoxy) is 2. The highest BCUT2D eigenvalue weighted by Crippen LogP contribution is 2.47. The third-order valence-corrected chi connectivity index (χ3v) is 6.67. The van der Waals surface area contributed by atoms with Crippen LogP contribution in [-0.4, -0.2) is 22.3 Å². The first-order valence-electron chi connectivity index (χ1n) is 10.6. The van der Waals surface area contributed by atoms with Crippen LogP contribution in [0.15, 0.2) is 89.4 Å². The number of nitrogens with two attached hydrogens (primary N) is 1. The molecule has 4 aromatic rings. The molecule has 2 aromatic carbocycles. The van der Waals surface area contributed by atoms with E-state index < -0.39 is 5.92 Å². The first kappa shape index (κ1) is 21.6. The third-order valence-electron chi connectivity index (χ3n) is 5.68. The molecule has 3 N–H and O–H groups in total. The van der Waals surface area contributed by atoms with Gasteiger partial charge in [0.15, 0.2) is 0 Å². The number of aromatic amines is 1. The van der Waals surface area contributed by atoms with Crippen LogP contribution in [0.4, 0.5) is 0 Å². The fourth-order valence-corrected chi connectivity index (χ4v) is 4.94. The second-order valence-electron chi connectivity index (χ2n) is 7.63. The zero-order valence-corrected chi connectivity index (χ0v) is 19.2. The van der Waals surface area contributed by atoms with Crippen molar-refractivity contribution in [1.82, 2.24) is 15.2 Å². The number of pyridine rings is 1. The van der Waals surface area contributed by atoms with Crippen molar-refractivity contribution in [2.45, 2.75) is 16.7 Å². The minimum Gasteiger partial charge on any atom is -0.497 e. The van der Waals surface area contributed by atoms with Gasteiger partial charge in [-0.15, -0.1) is 16.9 Å². The van der Waals surface area contributed by atoms with Crippen molar-refractivity contribution >= 4 is 11.8 Å². The van der Waals surface area contributed by atoms with Crippen LogP contribution < -0.4 is 15.2 Å². The van der Waals surface area contributed by atoms with Crippen molar-refractivity contribution in [2.75, 3.05) is 7.11 Å². The van der Waals surface area contributed by atoms with Crippen LogP contribution >= 0.6 is 11.8 Å². The van der Waals surface area contributed by atoms with E-state index in [-0.39, 0.29) is 5.88 Å². The number of methoxy groups -OCH3 is 1. The minimum atomic E-state index is -0.451. The predicted molar refractivity (Wildman–Crippen MR) is 130 cm³/mol. The maximum atomic E-state index is 10.1. The Morgan fingerprint density at radius 2 is 1.97 bits per heavy atom. The van der Waals surface area contributed by atoms with Crippen molar-refractivity contribution < 1.29 is 9.47 Å². The van der Waals surface area contributed by atoms with Crippen LogP contribution in [0.1, 0.15) is 22.6 Å². The lowest BCUT2D eigenvalue weighted by molar-refractivity contribution is 0.378. The molecule has 7 nitrogen and oxygen atoms in total. The Hall–Kier alpha value is -4.22. The summed E-state index contributed by atoms with van der Waals surface area (Å²) in [6.07, 6.45) is 1.77. The number of hydrogen-bond acceptors (Lipinski definition) is 7. The number of benzene rings is 2. The highest BCUT2D eigenvalue weighted by atomic mass is 32.2. The average molecular weight is 468 g/mol. The Bertz CT molecular complexity index is 1390. The summed E-state index contributed by atoms with van der Waals surface area (Å²) in [4.78, 5) is 4.42. The molecule has 0 saturated heterocycles. The number of H-pyrrole nitrogens is 1. The van der Waals surface area contributed by atoms with Gasteiger partial charge in [-0.05, 0) is 41.0 Å². The number of rotatable bonds is 6. The van der Waals surface area contributed by atoms with Gasteiger partial charge < -0.3 is 15.2 Å². The van der Waals surface area contributed by atoms with Crippen LogP contribution in [0.5, 0.6) is 11.6 Å². The molecule has 0 radical (unpaired) electrons. The van der Waals surface area contributed by atoms with Crippen LogP contribution in [0, 0.1) is 11.3 Å². The Morgan fingerprint density at radius 3 is 2.71 bits per heavy atom. The summed E-state index contributed by atoms with van der Waals surface area (Å²) in [6.45, 7) is 0. The number of aromatic nitrogens is 3. The first-order chi connectivity index (χ1) is 16.7. The lowest BCUT2D eigenvalue weighted by atomic mass is 9.81. The lowest BCUT2D eigenvalue weighted by Gasteiger charge is -2.26. The molecule has 0 saturated carbocycles. The number of hydrogen-bond donors (Lipinski definition) is 2. The van der Waals surface area contributed by atoms with Gasteiger partial charge in [0.1, 0.15) is 17.4 Å². The van der Waals surface area contributed by atoms with Crippen molar-refractivity contribution in [3.05, 3.63) is 101 Å². The number of nitrogens with zero attached hydrogens (tertiary/aromatic N) is 3. The van der Waals surface area contributed by atoms with Crippen molar-refractivity contribution in [2.24, 2.45) is 5.73 Å². The van der Waals surface area contributed by atoms with E-state index in [4.69, 9.17) is 15.2 Å². The minimum absolute atomic E-state index is 0.0604. The Labute approximate surface area is 201 Å². The highest BCUT2D eigenvalue weighted by Gasteiger charge is 2.36. The highest BCUT2D eigenvalue weighted by molar-refractivity contribution is 7.98. The predicted octanol–water partition coefficient (Wildman–Crippen LogP) is 4.99. The molecule has 1 atom stereocenters. The van der Waals surface area contributed by atoms with Gasteiger partial charge >= 0.3 is 0 Å². The second kappa shape index (κ2) is 9.33. The smallest absolute Gasteiger partial charge is 0.244 e. The van der Waals surface area contributed by atoms with E-state index >= 15 is 0 Å². The fraction of sp³-hybridized carbons (Fsp3) is 0.115. The molecule has 1 aliphatic rings. The molecule has 2 aromatic heterocycles. The molecule has 3 heterocycles. The zero-order chi connectivity index (χ0) is 23.5. The summed E-state index contributed by atoms with van der Waals surface area (Å²) in [7, 11) is 1.64. The molecular formula is C26H21N5O2S. The van der Waals surface area contributed by atoms with Gasteiger partial charge in [-0.1, -0.05) is 42.5 Å². The van der Waals surface area contributed by atoms with E-state index in [9.17, 15) is 5.26 Å². The molecular weight excluding hydrogens is 446 g/mol. The molecule has 5 rings (SSSR count). The summed E-state index contributed by atoms with van der Waals surface area (Å²) < 4.78 is 11.3. The van der Waals surface area contributed by atoms with Crippen LogP contribution in [0.3, 0.4) is 0 Å². The largest absolute Gasteiger partial charge is 0.497 e. The number of nitrogens with one attached hydrogen (secondary N) is 1. The SMILES string of the molecule is COc1ccc(C2C(C#N)=C(N)Oc3n[nH]c(-c4ccccc4)c32)c(CSc2ccccn2)c1. The summed E-state index contributed by atoms with van der Waals surface area (Å²) in [5, 5.41) is 18.5. The zero-order valence-electron chi connectivity index (χ0n) is 18.4. The monoisotopic (exact) mass is 467 g/mol. The summed E-state index contributed by atoms with van der Waals surface area (Å²) in [6, 6.07) is 23.8. The van der Waals surface area contributed by atoms with E-state index in [2.05, 4.69) is 21.3 Å². The summed E-state index contributed by atoms with van der Waals surface area (Å²) in [5.41, 5.74) is 11.0. The van der Waals surface area contributed by atoms with Gasteiger partial charge in [0, 0.05) is 11.9 Å². The Balaban J connectivity index is 1.66. The van der Waals surface area contributed by atoms with Gasteiger partial charge in [0.25, 0.3) is 0 Å². The topological polar surface area (TPSA) is 110 Å². The molecule has 0 aliphatic carbocycles. The summed E-state index contributed by atoms with van der Waals surface area (Å²) >= 11 is 1.61. The normalized spacial score (nSPS) is 14.8. The number of nitriles is 1. The van der Waals surface area contributed by atoms with Crippen LogP contribution in [-0.2, 0) is 5.75 Å². The third kappa shape index (κ3) is 3.98. The number of allylic oxidation sites excluding steroid dienone is 1. The van der Waals surface area contributed by atoms with Gasteiger partial charge in [0.05, 0.1) is 29.3 Å². The van der Waals surface area contributed by atoms with E-state index in [1.807, 2.05) is 66.7 Å². The molecule has 1 unspecified atom stereocenters. The summed E-state index contributed by atoms with van der Waals surface area (Å²) in [5.74, 6) is 1.35. The molecule has 0 amide bonds. The van der Waals surface area contributed by atoms with E-state index in [0.29, 0.717) is 17.2 Å². The molecule has 0 bridgehead atoms. The molecule has 0 spiro atoms. The molecule has 1 aliphatic heterocycles. The van der Waals surface area contributed by atoms with Crippen LogP contribution in [0.25, 0.3) is 11.3 Å². The van der Waals surface area contributed by atoms with Gasteiger partial charge in [-0.2, -0.15) is 5.26 Å². The molecule has 34 heavy (non-hydrogen) atoms. The Kier molecular flexibility index (Phi) is 5.93.